The first kappa shape index (κ1) is 17.3. The van der Waals surface area contributed by atoms with Crippen molar-refractivity contribution >= 4 is 5.91 Å². The SMILES string of the molecule is CC(C)C(C)(O)CNC(=O)C1CCCC(C(F)(F)F)C1. The van der Waals surface area contributed by atoms with Crippen LogP contribution in [0.5, 0.6) is 0 Å². The van der Waals surface area contributed by atoms with Crippen molar-refractivity contribution in [1.29, 1.82) is 0 Å². The minimum absolute atomic E-state index is 0.0444. The maximum Gasteiger partial charge on any atom is 0.391 e. The molecule has 0 aliphatic heterocycles. The van der Waals surface area contributed by atoms with Gasteiger partial charge in [0, 0.05) is 12.5 Å². The first-order valence-corrected chi connectivity index (χ1v) is 7.11. The van der Waals surface area contributed by atoms with Gasteiger partial charge in [0.2, 0.25) is 5.91 Å². The predicted octanol–water partition coefficient (Wildman–Crippen LogP) is 2.88. The molecule has 1 aliphatic carbocycles. The lowest BCUT2D eigenvalue weighted by molar-refractivity contribution is -0.186. The van der Waals surface area contributed by atoms with Gasteiger partial charge in [-0.1, -0.05) is 20.3 Å². The van der Waals surface area contributed by atoms with Gasteiger partial charge in [0.25, 0.3) is 0 Å². The number of carbonyl (C=O) groups excluding carboxylic acids is 1. The molecule has 0 aromatic carbocycles. The number of aliphatic hydroxyl groups is 1. The van der Waals surface area contributed by atoms with Crippen LogP contribution < -0.4 is 5.32 Å². The van der Waals surface area contributed by atoms with Crippen molar-refractivity contribution in [3.05, 3.63) is 0 Å². The van der Waals surface area contributed by atoms with Gasteiger partial charge in [0.15, 0.2) is 0 Å². The monoisotopic (exact) mass is 295 g/mol. The molecule has 2 N–H and O–H groups in total. The van der Waals surface area contributed by atoms with Gasteiger partial charge in [-0.2, -0.15) is 13.2 Å². The summed E-state index contributed by atoms with van der Waals surface area (Å²) < 4.78 is 38.1. The van der Waals surface area contributed by atoms with E-state index in [-0.39, 0.29) is 31.2 Å². The minimum atomic E-state index is -4.22. The normalized spacial score (nSPS) is 27.2. The number of alkyl halides is 3. The standard InChI is InChI=1S/C14H24F3NO2/c1-9(2)13(3,20)8-18-12(19)10-5-4-6-11(7-10)14(15,16)17/h9-11,20H,4-8H2,1-3H3,(H,18,19). The summed E-state index contributed by atoms with van der Waals surface area (Å²) >= 11 is 0. The van der Waals surface area contributed by atoms with Crippen LogP contribution in [0.2, 0.25) is 0 Å². The molecule has 0 saturated heterocycles. The van der Waals surface area contributed by atoms with Crippen molar-refractivity contribution in [2.24, 2.45) is 17.8 Å². The summed E-state index contributed by atoms with van der Waals surface area (Å²) in [5.41, 5.74) is -1.05. The highest BCUT2D eigenvalue weighted by atomic mass is 19.4. The van der Waals surface area contributed by atoms with Gasteiger partial charge in [-0.05, 0) is 32.1 Å². The number of halogens is 3. The fourth-order valence-corrected chi connectivity index (χ4v) is 2.34. The second-order valence-corrected chi connectivity index (χ2v) is 6.33. The van der Waals surface area contributed by atoms with Crippen molar-refractivity contribution in [2.45, 2.75) is 58.2 Å². The number of hydrogen-bond donors (Lipinski definition) is 2. The molecule has 6 heteroatoms. The molecular formula is C14H24F3NO2. The van der Waals surface area contributed by atoms with Crippen LogP contribution >= 0.6 is 0 Å². The third-order valence-corrected chi connectivity index (χ3v) is 4.37. The van der Waals surface area contributed by atoms with E-state index in [0.717, 1.165) is 0 Å². The summed E-state index contributed by atoms with van der Waals surface area (Å²) in [5.74, 6) is -2.40. The number of rotatable bonds is 4. The molecule has 1 aliphatic rings. The zero-order chi connectivity index (χ0) is 15.6. The van der Waals surface area contributed by atoms with E-state index in [4.69, 9.17) is 0 Å². The highest BCUT2D eigenvalue weighted by Crippen LogP contribution is 2.39. The van der Waals surface area contributed by atoms with Gasteiger partial charge in [-0.15, -0.1) is 0 Å². The molecule has 1 rings (SSSR count). The van der Waals surface area contributed by atoms with Crippen LogP contribution in [0, 0.1) is 17.8 Å². The fourth-order valence-electron chi connectivity index (χ4n) is 2.34. The van der Waals surface area contributed by atoms with Gasteiger partial charge in [-0.25, -0.2) is 0 Å². The third-order valence-electron chi connectivity index (χ3n) is 4.37. The summed E-state index contributed by atoms with van der Waals surface area (Å²) in [4.78, 5) is 12.0. The number of carbonyl (C=O) groups is 1. The molecule has 3 nitrogen and oxygen atoms in total. The van der Waals surface area contributed by atoms with Crippen LogP contribution in [0.4, 0.5) is 13.2 Å². The molecule has 1 amide bonds. The molecular weight excluding hydrogens is 271 g/mol. The lowest BCUT2D eigenvalue weighted by Gasteiger charge is -2.32. The van der Waals surface area contributed by atoms with Gasteiger partial charge in [0.05, 0.1) is 11.5 Å². The predicted molar refractivity (Wildman–Crippen MR) is 70.0 cm³/mol. The number of nitrogens with one attached hydrogen (secondary N) is 1. The Kier molecular flexibility index (Phi) is 5.46. The average molecular weight is 295 g/mol. The van der Waals surface area contributed by atoms with Crippen molar-refractivity contribution < 1.29 is 23.1 Å². The zero-order valence-electron chi connectivity index (χ0n) is 12.3. The first-order valence-electron chi connectivity index (χ1n) is 7.11. The maximum atomic E-state index is 12.7. The molecule has 0 spiro atoms. The fraction of sp³-hybridized carbons (Fsp3) is 0.929. The Morgan fingerprint density at radius 2 is 1.95 bits per heavy atom. The van der Waals surface area contributed by atoms with Crippen LogP contribution in [0.15, 0.2) is 0 Å². The van der Waals surface area contributed by atoms with Gasteiger partial charge in [-0.3, -0.25) is 4.79 Å². The van der Waals surface area contributed by atoms with E-state index < -0.39 is 23.6 Å². The van der Waals surface area contributed by atoms with Crippen molar-refractivity contribution in [3.63, 3.8) is 0 Å². The summed E-state index contributed by atoms with van der Waals surface area (Å²) in [6, 6.07) is 0. The number of amides is 1. The van der Waals surface area contributed by atoms with E-state index in [1.807, 2.05) is 13.8 Å². The van der Waals surface area contributed by atoms with E-state index in [0.29, 0.717) is 12.8 Å². The molecule has 1 fully saturated rings. The molecule has 0 radical (unpaired) electrons. The smallest absolute Gasteiger partial charge is 0.388 e. The first-order chi connectivity index (χ1) is 9.04. The molecule has 3 unspecified atom stereocenters. The van der Waals surface area contributed by atoms with Crippen molar-refractivity contribution in [1.82, 2.24) is 5.32 Å². The lowest BCUT2D eigenvalue weighted by atomic mass is 9.80. The second-order valence-electron chi connectivity index (χ2n) is 6.33. The average Bonchev–Trinajstić information content (AvgIpc) is 2.35. The van der Waals surface area contributed by atoms with E-state index in [9.17, 15) is 23.1 Å². The van der Waals surface area contributed by atoms with Gasteiger partial charge in [0.1, 0.15) is 0 Å². The van der Waals surface area contributed by atoms with Crippen molar-refractivity contribution in [2.75, 3.05) is 6.54 Å². The zero-order valence-corrected chi connectivity index (χ0v) is 12.3. The van der Waals surface area contributed by atoms with Crippen LogP contribution in [0.1, 0.15) is 46.5 Å². The Hall–Kier alpha value is -0.780. The highest BCUT2D eigenvalue weighted by molar-refractivity contribution is 5.78. The molecule has 118 valence electrons. The van der Waals surface area contributed by atoms with Gasteiger partial charge >= 0.3 is 6.18 Å². The minimum Gasteiger partial charge on any atom is -0.388 e. The maximum absolute atomic E-state index is 12.7. The van der Waals surface area contributed by atoms with Crippen molar-refractivity contribution in [3.8, 4) is 0 Å². The van der Waals surface area contributed by atoms with E-state index >= 15 is 0 Å². The molecule has 0 aromatic heterocycles. The van der Waals surface area contributed by atoms with Gasteiger partial charge < -0.3 is 10.4 Å². The molecule has 20 heavy (non-hydrogen) atoms. The Morgan fingerprint density at radius 3 is 2.45 bits per heavy atom. The van der Waals surface area contributed by atoms with Crippen LogP contribution in [-0.4, -0.2) is 29.3 Å². The quantitative estimate of drug-likeness (QED) is 0.838. The summed E-state index contributed by atoms with van der Waals surface area (Å²) in [6.07, 6.45) is -3.34. The molecule has 0 bridgehead atoms. The van der Waals surface area contributed by atoms with Crippen LogP contribution in [0.25, 0.3) is 0 Å². The Bertz CT molecular complexity index is 340. The van der Waals surface area contributed by atoms with Crippen LogP contribution in [-0.2, 0) is 4.79 Å². The summed E-state index contributed by atoms with van der Waals surface area (Å²) in [7, 11) is 0. The Balaban J connectivity index is 2.52. The topological polar surface area (TPSA) is 49.3 Å². The highest BCUT2D eigenvalue weighted by Gasteiger charge is 2.43. The Labute approximate surface area is 117 Å². The van der Waals surface area contributed by atoms with Crippen LogP contribution in [0.3, 0.4) is 0 Å². The molecule has 0 heterocycles. The van der Waals surface area contributed by atoms with E-state index in [1.165, 1.54) is 0 Å². The molecule has 3 atom stereocenters. The van der Waals surface area contributed by atoms with E-state index in [2.05, 4.69) is 5.32 Å². The lowest BCUT2D eigenvalue weighted by Crippen LogP contribution is -2.46. The summed E-state index contributed by atoms with van der Waals surface area (Å²) in [5, 5.41) is 12.6. The number of hydrogen-bond acceptors (Lipinski definition) is 2. The molecule has 1 saturated carbocycles. The van der Waals surface area contributed by atoms with E-state index in [1.54, 1.807) is 6.92 Å². The Morgan fingerprint density at radius 1 is 1.35 bits per heavy atom. The molecule has 0 aromatic rings. The second kappa shape index (κ2) is 6.33. The third kappa shape index (κ3) is 4.65. The summed E-state index contributed by atoms with van der Waals surface area (Å²) in [6.45, 7) is 5.33. The largest absolute Gasteiger partial charge is 0.391 e.